The average molecular weight is 298 g/mol. The van der Waals surface area contributed by atoms with Crippen LogP contribution in [0.4, 0.5) is 11.5 Å². The Kier molecular flexibility index (Phi) is 3.67. The Morgan fingerprint density at radius 2 is 2.05 bits per heavy atom. The fourth-order valence-corrected chi connectivity index (χ4v) is 2.16. The summed E-state index contributed by atoms with van der Waals surface area (Å²) < 4.78 is 1.71. The van der Waals surface area contributed by atoms with Crippen molar-refractivity contribution >= 4 is 28.4 Å². The van der Waals surface area contributed by atoms with Crippen molar-refractivity contribution in [3.05, 3.63) is 42.4 Å². The SMILES string of the molecule is Cn1ncc2ncnc(Nc3ccc(CC(=O)NO)cc3)c21. The molecular formula is C14H14N6O2. The van der Waals surface area contributed by atoms with Gasteiger partial charge in [0.05, 0.1) is 12.6 Å². The third-order valence-corrected chi connectivity index (χ3v) is 3.23. The molecule has 0 aliphatic rings. The molecule has 0 aliphatic heterocycles. The topological polar surface area (TPSA) is 105 Å². The van der Waals surface area contributed by atoms with E-state index >= 15 is 0 Å². The highest BCUT2D eigenvalue weighted by Gasteiger charge is 2.09. The maximum absolute atomic E-state index is 11.1. The smallest absolute Gasteiger partial charge is 0.247 e. The summed E-state index contributed by atoms with van der Waals surface area (Å²) in [7, 11) is 1.83. The Bertz CT molecular complexity index is 812. The molecule has 3 aromatic rings. The first-order valence-corrected chi connectivity index (χ1v) is 6.59. The predicted molar refractivity (Wildman–Crippen MR) is 79.7 cm³/mol. The van der Waals surface area contributed by atoms with E-state index in [-0.39, 0.29) is 6.42 Å². The van der Waals surface area contributed by atoms with Crippen LogP contribution in [0.2, 0.25) is 0 Å². The minimum absolute atomic E-state index is 0.121. The average Bonchev–Trinajstić information content (AvgIpc) is 2.92. The van der Waals surface area contributed by atoms with Crippen molar-refractivity contribution in [1.29, 1.82) is 0 Å². The molecule has 22 heavy (non-hydrogen) atoms. The molecule has 112 valence electrons. The molecule has 2 heterocycles. The standard InChI is InChI=1S/C14H14N6O2/c1-20-13-11(7-17-20)15-8-16-14(13)18-10-4-2-9(3-5-10)6-12(21)19-22/h2-5,7-8,22H,6H2,1H3,(H,19,21)(H,15,16,18). The van der Waals surface area contributed by atoms with Crippen LogP contribution in [0.15, 0.2) is 36.8 Å². The van der Waals surface area contributed by atoms with Crippen LogP contribution in [0.1, 0.15) is 5.56 Å². The molecule has 0 radical (unpaired) electrons. The van der Waals surface area contributed by atoms with Gasteiger partial charge in [0, 0.05) is 12.7 Å². The summed E-state index contributed by atoms with van der Waals surface area (Å²) in [5.41, 5.74) is 4.81. The summed E-state index contributed by atoms with van der Waals surface area (Å²) in [6.07, 6.45) is 3.28. The molecule has 1 amide bonds. The highest BCUT2D eigenvalue weighted by atomic mass is 16.5. The van der Waals surface area contributed by atoms with Gasteiger partial charge < -0.3 is 5.32 Å². The normalized spacial score (nSPS) is 10.6. The number of fused-ring (bicyclic) bond motifs is 1. The zero-order valence-electron chi connectivity index (χ0n) is 11.8. The number of anilines is 2. The second-order valence-electron chi connectivity index (χ2n) is 4.76. The van der Waals surface area contributed by atoms with Gasteiger partial charge in [0.1, 0.15) is 17.4 Å². The molecule has 0 bridgehead atoms. The van der Waals surface area contributed by atoms with Crippen LogP contribution in [-0.4, -0.2) is 30.9 Å². The summed E-state index contributed by atoms with van der Waals surface area (Å²) in [4.78, 5) is 19.5. The van der Waals surface area contributed by atoms with Gasteiger partial charge in [-0.1, -0.05) is 12.1 Å². The number of hydrogen-bond acceptors (Lipinski definition) is 6. The Balaban J connectivity index is 1.83. The third kappa shape index (κ3) is 2.72. The zero-order valence-corrected chi connectivity index (χ0v) is 11.8. The van der Waals surface area contributed by atoms with E-state index in [9.17, 15) is 4.79 Å². The number of carbonyl (C=O) groups is 1. The van der Waals surface area contributed by atoms with Crippen molar-refractivity contribution in [3.63, 3.8) is 0 Å². The Hall–Kier alpha value is -3.00. The van der Waals surface area contributed by atoms with Crippen LogP contribution in [0.3, 0.4) is 0 Å². The molecule has 8 heteroatoms. The van der Waals surface area contributed by atoms with Crippen LogP contribution >= 0.6 is 0 Å². The summed E-state index contributed by atoms with van der Waals surface area (Å²) in [6, 6.07) is 7.28. The van der Waals surface area contributed by atoms with Gasteiger partial charge in [-0.3, -0.25) is 14.7 Å². The molecule has 8 nitrogen and oxygen atoms in total. The molecule has 0 saturated heterocycles. The van der Waals surface area contributed by atoms with E-state index in [0.717, 1.165) is 22.3 Å². The number of hydrogen-bond donors (Lipinski definition) is 3. The Morgan fingerprint density at radius 3 is 2.77 bits per heavy atom. The maximum atomic E-state index is 11.1. The van der Waals surface area contributed by atoms with Gasteiger partial charge in [0.15, 0.2) is 5.82 Å². The first-order chi connectivity index (χ1) is 10.7. The van der Waals surface area contributed by atoms with E-state index < -0.39 is 5.91 Å². The van der Waals surface area contributed by atoms with Crippen LogP contribution in [0.5, 0.6) is 0 Å². The number of amides is 1. The lowest BCUT2D eigenvalue weighted by molar-refractivity contribution is -0.128. The summed E-state index contributed by atoms with van der Waals surface area (Å²) in [5.74, 6) is 0.207. The van der Waals surface area contributed by atoms with Crippen molar-refractivity contribution in [2.24, 2.45) is 7.05 Å². The lowest BCUT2D eigenvalue weighted by atomic mass is 10.1. The first-order valence-electron chi connectivity index (χ1n) is 6.59. The molecule has 0 unspecified atom stereocenters. The minimum Gasteiger partial charge on any atom is -0.338 e. The lowest BCUT2D eigenvalue weighted by Crippen LogP contribution is -2.20. The molecule has 0 spiro atoms. The molecule has 0 saturated carbocycles. The Labute approximate surface area is 125 Å². The van der Waals surface area contributed by atoms with E-state index in [1.165, 1.54) is 6.33 Å². The number of hydroxylamine groups is 1. The quantitative estimate of drug-likeness (QED) is 0.493. The van der Waals surface area contributed by atoms with Gasteiger partial charge in [-0.15, -0.1) is 0 Å². The van der Waals surface area contributed by atoms with Gasteiger partial charge >= 0.3 is 0 Å². The predicted octanol–water partition coefficient (Wildman–Crippen LogP) is 1.15. The summed E-state index contributed by atoms with van der Waals surface area (Å²) in [5, 5.41) is 15.9. The number of aromatic nitrogens is 4. The van der Waals surface area contributed by atoms with Crippen LogP contribution < -0.4 is 10.8 Å². The van der Waals surface area contributed by atoms with Crippen molar-refractivity contribution in [1.82, 2.24) is 25.2 Å². The molecular weight excluding hydrogens is 284 g/mol. The largest absolute Gasteiger partial charge is 0.338 e. The maximum Gasteiger partial charge on any atom is 0.247 e. The van der Waals surface area contributed by atoms with Gasteiger partial charge in [-0.2, -0.15) is 5.10 Å². The van der Waals surface area contributed by atoms with Gasteiger partial charge in [-0.25, -0.2) is 15.4 Å². The Morgan fingerprint density at radius 1 is 1.27 bits per heavy atom. The van der Waals surface area contributed by atoms with Crippen molar-refractivity contribution in [2.75, 3.05) is 5.32 Å². The molecule has 0 atom stereocenters. The highest BCUT2D eigenvalue weighted by molar-refractivity contribution is 5.87. The van der Waals surface area contributed by atoms with Crippen molar-refractivity contribution < 1.29 is 10.0 Å². The lowest BCUT2D eigenvalue weighted by Gasteiger charge is -2.08. The fraction of sp³-hybridized carbons (Fsp3) is 0.143. The molecule has 3 N–H and O–H groups in total. The van der Waals surface area contributed by atoms with Crippen LogP contribution in [-0.2, 0) is 18.3 Å². The number of benzene rings is 1. The molecule has 0 fully saturated rings. The molecule has 1 aromatic carbocycles. The van der Waals surface area contributed by atoms with E-state index in [0.29, 0.717) is 5.82 Å². The molecule has 0 aliphatic carbocycles. The second kappa shape index (κ2) is 5.78. The van der Waals surface area contributed by atoms with E-state index in [2.05, 4.69) is 20.4 Å². The number of aryl methyl sites for hydroxylation is 1. The zero-order chi connectivity index (χ0) is 15.5. The van der Waals surface area contributed by atoms with E-state index in [1.807, 2.05) is 19.2 Å². The van der Waals surface area contributed by atoms with Crippen molar-refractivity contribution in [2.45, 2.75) is 6.42 Å². The molecule has 3 rings (SSSR count). The fourth-order valence-electron chi connectivity index (χ4n) is 2.16. The van der Waals surface area contributed by atoms with Gasteiger partial charge in [0.2, 0.25) is 5.91 Å². The number of nitrogens with zero attached hydrogens (tertiary/aromatic N) is 4. The summed E-state index contributed by atoms with van der Waals surface area (Å²) in [6.45, 7) is 0. The minimum atomic E-state index is -0.451. The number of nitrogens with one attached hydrogen (secondary N) is 2. The number of rotatable bonds is 4. The van der Waals surface area contributed by atoms with E-state index in [4.69, 9.17) is 5.21 Å². The van der Waals surface area contributed by atoms with Gasteiger partial charge in [0.25, 0.3) is 0 Å². The first kappa shape index (κ1) is 14.0. The monoisotopic (exact) mass is 298 g/mol. The van der Waals surface area contributed by atoms with Crippen LogP contribution in [0.25, 0.3) is 11.0 Å². The molecule has 2 aromatic heterocycles. The van der Waals surface area contributed by atoms with E-state index in [1.54, 1.807) is 28.5 Å². The highest BCUT2D eigenvalue weighted by Crippen LogP contribution is 2.22. The number of carbonyl (C=O) groups excluding carboxylic acids is 1. The second-order valence-corrected chi connectivity index (χ2v) is 4.76. The van der Waals surface area contributed by atoms with Gasteiger partial charge in [-0.05, 0) is 17.7 Å². The van der Waals surface area contributed by atoms with Crippen molar-refractivity contribution in [3.8, 4) is 0 Å². The third-order valence-electron chi connectivity index (χ3n) is 3.23. The van der Waals surface area contributed by atoms with Crippen LogP contribution in [0, 0.1) is 0 Å². The summed E-state index contributed by atoms with van der Waals surface area (Å²) >= 11 is 0.